The predicted octanol–water partition coefficient (Wildman–Crippen LogP) is 2.56. The minimum Gasteiger partial charge on any atom is -0.481 e. The lowest BCUT2D eigenvalue weighted by Crippen LogP contribution is -2.46. The lowest BCUT2D eigenvalue weighted by Gasteiger charge is -2.34. The van der Waals surface area contributed by atoms with Crippen molar-refractivity contribution >= 4 is 12.0 Å². The summed E-state index contributed by atoms with van der Waals surface area (Å²) >= 11 is 0. The number of rotatable bonds is 6. The number of urea groups is 1. The minimum absolute atomic E-state index is 0.116. The van der Waals surface area contributed by atoms with E-state index in [-0.39, 0.29) is 12.6 Å². The number of carbonyl (C=O) groups excluding carboxylic acids is 1. The molecular formula is C15H28N2O3. The van der Waals surface area contributed by atoms with E-state index in [4.69, 9.17) is 5.11 Å². The number of carbonyl (C=O) groups is 2. The number of carboxylic acid groups (broad SMARTS) is 1. The van der Waals surface area contributed by atoms with Gasteiger partial charge in [0.15, 0.2) is 0 Å². The first kappa shape index (κ1) is 16.8. The third kappa shape index (κ3) is 5.02. The van der Waals surface area contributed by atoms with Gasteiger partial charge in [0.1, 0.15) is 0 Å². The molecule has 0 aromatic carbocycles. The van der Waals surface area contributed by atoms with Crippen LogP contribution < -0.4 is 5.32 Å². The maximum absolute atomic E-state index is 12.0. The molecule has 20 heavy (non-hydrogen) atoms. The van der Waals surface area contributed by atoms with Gasteiger partial charge in [0.2, 0.25) is 0 Å². The number of carboxylic acids is 1. The zero-order valence-electron chi connectivity index (χ0n) is 12.9. The van der Waals surface area contributed by atoms with Crippen LogP contribution in [-0.4, -0.2) is 41.6 Å². The van der Waals surface area contributed by atoms with E-state index in [0.29, 0.717) is 18.3 Å². The third-order valence-corrected chi connectivity index (χ3v) is 4.26. The summed E-state index contributed by atoms with van der Waals surface area (Å²) in [5, 5.41) is 11.8. The molecule has 1 heterocycles. The van der Waals surface area contributed by atoms with Gasteiger partial charge in [-0.2, -0.15) is 0 Å². The summed E-state index contributed by atoms with van der Waals surface area (Å²) in [6.45, 7) is 8.19. The number of hydrogen-bond donors (Lipinski definition) is 2. The minimum atomic E-state index is -0.828. The van der Waals surface area contributed by atoms with Crippen molar-refractivity contribution in [1.82, 2.24) is 10.2 Å². The molecule has 1 aliphatic heterocycles. The number of hydrogen-bond acceptors (Lipinski definition) is 2. The van der Waals surface area contributed by atoms with Crippen LogP contribution in [0.3, 0.4) is 0 Å². The van der Waals surface area contributed by atoms with E-state index in [2.05, 4.69) is 19.2 Å². The average Bonchev–Trinajstić information content (AvgIpc) is 2.42. The second kappa shape index (κ2) is 8.12. The van der Waals surface area contributed by atoms with E-state index >= 15 is 0 Å². The zero-order valence-corrected chi connectivity index (χ0v) is 12.9. The first-order valence-electron chi connectivity index (χ1n) is 7.71. The van der Waals surface area contributed by atoms with Crippen molar-refractivity contribution < 1.29 is 14.7 Å². The maximum Gasteiger partial charge on any atom is 0.317 e. The quantitative estimate of drug-likeness (QED) is 0.787. The fraction of sp³-hybridized carbons (Fsp3) is 0.867. The zero-order chi connectivity index (χ0) is 15.1. The molecular weight excluding hydrogens is 256 g/mol. The summed E-state index contributed by atoms with van der Waals surface area (Å²) in [6.07, 6.45) is 3.50. The normalized spacial score (nSPS) is 18.1. The number of aliphatic carboxylic acids is 1. The van der Waals surface area contributed by atoms with Crippen LogP contribution in [-0.2, 0) is 4.79 Å². The molecule has 0 bridgehead atoms. The highest BCUT2D eigenvalue weighted by Gasteiger charge is 2.25. The van der Waals surface area contributed by atoms with E-state index in [1.807, 2.05) is 11.8 Å². The fourth-order valence-electron chi connectivity index (χ4n) is 2.75. The summed E-state index contributed by atoms with van der Waals surface area (Å²) in [5.41, 5.74) is 0. The van der Waals surface area contributed by atoms with Gasteiger partial charge in [-0.1, -0.05) is 27.2 Å². The Bertz CT molecular complexity index is 323. The van der Waals surface area contributed by atoms with E-state index in [9.17, 15) is 9.59 Å². The lowest BCUT2D eigenvalue weighted by molar-refractivity contribution is -0.141. The molecule has 1 fully saturated rings. The monoisotopic (exact) mass is 284 g/mol. The Balaban J connectivity index is 2.35. The van der Waals surface area contributed by atoms with E-state index < -0.39 is 11.9 Å². The molecule has 1 atom stereocenters. The van der Waals surface area contributed by atoms with Gasteiger partial charge >= 0.3 is 12.0 Å². The van der Waals surface area contributed by atoms with Crippen molar-refractivity contribution in [3.8, 4) is 0 Å². The average molecular weight is 284 g/mol. The molecule has 2 N–H and O–H groups in total. The molecule has 116 valence electrons. The lowest BCUT2D eigenvalue weighted by atomic mass is 9.87. The Morgan fingerprint density at radius 3 is 2.35 bits per heavy atom. The number of nitrogens with one attached hydrogen (secondary N) is 1. The van der Waals surface area contributed by atoms with Crippen LogP contribution in [0, 0.1) is 17.8 Å². The molecule has 0 aliphatic carbocycles. The van der Waals surface area contributed by atoms with Gasteiger partial charge in [-0.15, -0.1) is 0 Å². The smallest absolute Gasteiger partial charge is 0.317 e. The molecule has 5 heteroatoms. The highest BCUT2D eigenvalue weighted by Crippen LogP contribution is 2.24. The number of amides is 2. The van der Waals surface area contributed by atoms with Crippen molar-refractivity contribution in [3.05, 3.63) is 0 Å². The standard InChI is InChI=1S/C15H28N2O3/c1-4-5-13(14(18)19)10-16-15(20)17-8-6-12(7-9-17)11(2)3/h11-13H,4-10H2,1-3H3,(H,16,20)(H,18,19). The molecule has 0 radical (unpaired) electrons. The highest BCUT2D eigenvalue weighted by molar-refractivity contribution is 5.76. The van der Waals surface area contributed by atoms with E-state index in [1.54, 1.807) is 0 Å². The summed E-state index contributed by atoms with van der Waals surface area (Å²) < 4.78 is 0. The fourth-order valence-corrected chi connectivity index (χ4v) is 2.75. The second-order valence-electron chi connectivity index (χ2n) is 6.08. The molecule has 1 unspecified atom stereocenters. The molecule has 0 aromatic heterocycles. The first-order valence-corrected chi connectivity index (χ1v) is 7.71. The molecule has 2 amide bonds. The van der Waals surface area contributed by atoms with Crippen LogP contribution in [0.1, 0.15) is 46.5 Å². The number of piperidine rings is 1. The maximum atomic E-state index is 12.0. The van der Waals surface area contributed by atoms with Crippen LogP contribution in [0.25, 0.3) is 0 Å². The van der Waals surface area contributed by atoms with Crippen molar-refractivity contribution in [1.29, 1.82) is 0 Å². The Hall–Kier alpha value is -1.26. The Morgan fingerprint density at radius 1 is 1.30 bits per heavy atom. The van der Waals surface area contributed by atoms with Crippen LogP contribution >= 0.6 is 0 Å². The van der Waals surface area contributed by atoms with Gasteiger partial charge in [0.25, 0.3) is 0 Å². The largest absolute Gasteiger partial charge is 0.481 e. The van der Waals surface area contributed by atoms with Crippen LogP contribution in [0.5, 0.6) is 0 Å². The highest BCUT2D eigenvalue weighted by atomic mass is 16.4. The van der Waals surface area contributed by atoms with Gasteiger partial charge in [-0.05, 0) is 31.1 Å². The molecule has 1 rings (SSSR count). The van der Waals surface area contributed by atoms with E-state index in [0.717, 1.165) is 32.4 Å². The van der Waals surface area contributed by atoms with Crippen LogP contribution in [0.4, 0.5) is 4.79 Å². The molecule has 1 saturated heterocycles. The van der Waals surface area contributed by atoms with Gasteiger partial charge in [0.05, 0.1) is 5.92 Å². The Morgan fingerprint density at radius 2 is 1.90 bits per heavy atom. The van der Waals surface area contributed by atoms with Gasteiger partial charge in [0, 0.05) is 19.6 Å². The number of nitrogens with zero attached hydrogens (tertiary/aromatic N) is 1. The summed E-state index contributed by atoms with van der Waals surface area (Å²) in [4.78, 5) is 24.9. The third-order valence-electron chi connectivity index (χ3n) is 4.26. The molecule has 1 aliphatic rings. The van der Waals surface area contributed by atoms with Crippen LogP contribution in [0.2, 0.25) is 0 Å². The van der Waals surface area contributed by atoms with Crippen molar-refractivity contribution in [2.24, 2.45) is 17.8 Å². The summed E-state index contributed by atoms with van der Waals surface area (Å²) in [6, 6.07) is -0.116. The van der Waals surface area contributed by atoms with Crippen molar-refractivity contribution in [2.45, 2.75) is 46.5 Å². The topological polar surface area (TPSA) is 69.6 Å². The molecule has 0 saturated carbocycles. The SMILES string of the molecule is CCCC(CNC(=O)N1CCC(C(C)C)CC1)C(=O)O. The van der Waals surface area contributed by atoms with Gasteiger partial charge in [-0.25, -0.2) is 4.79 Å². The second-order valence-corrected chi connectivity index (χ2v) is 6.08. The Labute approximate surface area is 121 Å². The van der Waals surface area contributed by atoms with Crippen LogP contribution in [0.15, 0.2) is 0 Å². The van der Waals surface area contributed by atoms with Crippen molar-refractivity contribution in [3.63, 3.8) is 0 Å². The first-order chi connectivity index (χ1) is 9.45. The van der Waals surface area contributed by atoms with E-state index in [1.165, 1.54) is 0 Å². The predicted molar refractivity (Wildman–Crippen MR) is 78.6 cm³/mol. The van der Waals surface area contributed by atoms with Gasteiger partial charge < -0.3 is 15.3 Å². The summed E-state index contributed by atoms with van der Waals surface area (Å²) in [7, 11) is 0. The summed E-state index contributed by atoms with van der Waals surface area (Å²) in [5.74, 6) is 0.0647. The molecule has 0 aromatic rings. The Kier molecular flexibility index (Phi) is 6.82. The van der Waals surface area contributed by atoms with Crippen molar-refractivity contribution in [2.75, 3.05) is 19.6 Å². The molecule has 0 spiro atoms. The van der Waals surface area contributed by atoms with Gasteiger partial charge in [-0.3, -0.25) is 4.79 Å². The number of likely N-dealkylation sites (tertiary alicyclic amines) is 1. The molecule has 5 nitrogen and oxygen atoms in total.